The Bertz CT molecular complexity index is 721. The highest BCUT2D eigenvalue weighted by atomic mass is 35.5. The molecule has 0 fully saturated rings. The first-order chi connectivity index (χ1) is 12.1. The van der Waals surface area contributed by atoms with Gasteiger partial charge in [-0.2, -0.15) is 0 Å². The Hall–Kier alpha value is -2.18. The van der Waals surface area contributed by atoms with E-state index in [1.165, 1.54) is 11.8 Å². The van der Waals surface area contributed by atoms with Crippen molar-refractivity contribution in [2.24, 2.45) is 0 Å². The molecule has 0 aromatic heterocycles. The molecule has 1 N–H and O–H groups in total. The van der Waals surface area contributed by atoms with Gasteiger partial charge in [0.1, 0.15) is 5.75 Å². The number of thioether (sulfide) groups is 1. The Labute approximate surface area is 155 Å². The van der Waals surface area contributed by atoms with Crippen LogP contribution in [-0.2, 0) is 14.3 Å². The van der Waals surface area contributed by atoms with Crippen molar-refractivity contribution in [3.63, 3.8) is 0 Å². The third-order valence-corrected chi connectivity index (χ3v) is 4.37. The zero-order valence-corrected chi connectivity index (χ0v) is 15.2. The van der Waals surface area contributed by atoms with Gasteiger partial charge in [0.2, 0.25) is 0 Å². The maximum atomic E-state index is 11.8. The highest BCUT2D eigenvalue weighted by Crippen LogP contribution is 2.21. The molecule has 0 aliphatic heterocycles. The molecule has 0 radical (unpaired) electrons. The van der Waals surface area contributed by atoms with E-state index in [0.717, 1.165) is 4.90 Å². The number of rotatable bonds is 8. The van der Waals surface area contributed by atoms with Gasteiger partial charge in [-0.25, -0.2) is 0 Å². The molecular formula is C18H18ClNO4S. The third kappa shape index (κ3) is 7.07. The van der Waals surface area contributed by atoms with Gasteiger partial charge in [0.05, 0.1) is 13.5 Å². The van der Waals surface area contributed by atoms with Gasteiger partial charge < -0.3 is 14.8 Å². The molecule has 0 atom stereocenters. The van der Waals surface area contributed by atoms with E-state index in [0.29, 0.717) is 22.2 Å². The number of ether oxygens (including phenoxy) is 2. The van der Waals surface area contributed by atoms with Crippen molar-refractivity contribution in [2.75, 3.05) is 24.8 Å². The highest BCUT2D eigenvalue weighted by molar-refractivity contribution is 7.99. The second-order valence-corrected chi connectivity index (χ2v) is 6.60. The lowest BCUT2D eigenvalue weighted by Crippen LogP contribution is -2.21. The zero-order valence-electron chi connectivity index (χ0n) is 13.7. The minimum atomic E-state index is -0.415. The molecule has 0 heterocycles. The molecule has 25 heavy (non-hydrogen) atoms. The van der Waals surface area contributed by atoms with Crippen LogP contribution in [0.25, 0.3) is 0 Å². The van der Waals surface area contributed by atoms with Crippen LogP contribution < -0.4 is 10.1 Å². The van der Waals surface area contributed by atoms with Gasteiger partial charge in [0, 0.05) is 27.4 Å². The van der Waals surface area contributed by atoms with E-state index < -0.39 is 11.9 Å². The lowest BCUT2D eigenvalue weighted by Gasteiger charge is -2.08. The van der Waals surface area contributed by atoms with E-state index >= 15 is 0 Å². The Kier molecular flexibility index (Phi) is 7.63. The van der Waals surface area contributed by atoms with Crippen molar-refractivity contribution >= 4 is 40.9 Å². The fraction of sp³-hybridized carbons (Fsp3) is 0.222. The number of methoxy groups -OCH3 is 1. The summed E-state index contributed by atoms with van der Waals surface area (Å²) >= 11 is 7.34. The molecule has 7 heteroatoms. The molecule has 0 unspecified atom stereocenters. The van der Waals surface area contributed by atoms with Crippen LogP contribution in [0.2, 0.25) is 5.02 Å². The number of carbonyl (C=O) groups excluding carboxylic acids is 2. The second-order valence-electron chi connectivity index (χ2n) is 4.99. The number of hydrogen-bond donors (Lipinski definition) is 1. The quantitative estimate of drug-likeness (QED) is 0.554. The minimum Gasteiger partial charge on any atom is -0.497 e. The summed E-state index contributed by atoms with van der Waals surface area (Å²) in [6.45, 7) is -0.318. The molecular weight excluding hydrogens is 362 g/mol. The van der Waals surface area contributed by atoms with E-state index in [1.807, 2.05) is 12.1 Å². The molecule has 0 aliphatic carbocycles. The first-order valence-corrected chi connectivity index (χ1v) is 8.91. The SMILES string of the molecule is COc1cccc(NC(=O)COC(=O)CCSc2ccc(Cl)cc2)c1. The van der Waals surface area contributed by atoms with Crippen LogP contribution in [0, 0.1) is 0 Å². The van der Waals surface area contributed by atoms with E-state index in [9.17, 15) is 9.59 Å². The van der Waals surface area contributed by atoms with Crippen LogP contribution in [0.1, 0.15) is 6.42 Å². The normalized spacial score (nSPS) is 10.2. The summed E-state index contributed by atoms with van der Waals surface area (Å²) < 4.78 is 10.0. The van der Waals surface area contributed by atoms with Gasteiger partial charge >= 0.3 is 5.97 Å². The molecule has 1 amide bonds. The van der Waals surface area contributed by atoms with E-state index in [1.54, 1.807) is 43.5 Å². The van der Waals surface area contributed by atoms with Crippen molar-refractivity contribution in [3.05, 3.63) is 53.6 Å². The molecule has 2 rings (SSSR count). The van der Waals surface area contributed by atoms with Crippen molar-refractivity contribution in [2.45, 2.75) is 11.3 Å². The molecule has 0 saturated carbocycles. The van der Waals surface area contributed by atoms with E-state index in [2.05, 4.69) is 5.32 Å². The summed E-state index contributed by atoms with van der Waals surface area (Å²) in [6, 6.07) is 14.3. The van der Waals surface area contributed by atoms with Gasteiger partial charge in [-0.3, -0.25) is 9.59 Å². The first kappa shape index (κ1) is 19.1. The molecule has 0 saturated heterocycles. The average Bonchev–Trinajstić information content (AvgIpc) is 2.62. The van der Waals surface area contributed by atoms with Gasteiger partial charge in [-0.15, -0.1) is 11.8 Å². The Morgan fingerprint density at radius 2 is 1.92 bits per heavy atom. The largest absolute Gasteiger partial charge is 0.497 e. The number of amides is 1. The van der Waals surface area contributed by atoms with Crippen LogP contribution in [0.5, 0.6) is 5.75 Å². The van der Waals surface area contributed by atoms with Crippen molar-refractivity contribution in [3.8, 4) is 5.75 Å². The molecule has 2 aromatic rings. The first-order valence-electron chi connectivity index (χ1n) is 7.55. The highest BCUT2D eigenvalue weighted by Gasteiger charge is 2.08. The number of esters is 1. The fourth-order valence-corrected chi connectivity index (χ4v) is 2.86. The molecule has 5 nitrogen and oxygen atoms in total. The Morgan fingerprint density at radius 1 is 1.16 bits per heavy atom. The number of benzene rings is 2. The van der Waals surface area contributed by atoms with Crippen LogP contribution in [0.3, 0.4) is 0 Å². The molecule has 0 aliphatic rings. The number of hydrogen-bond acceptors (Lipinski definition) is 5. The number of anilines is 1. The summed E-state index contributed by atoms with van der Waals surface area (Å²) in [5.74, 6) is 0.390. The van der Waals surface area contributed by atoms with Gasteiger partial charge in [-0.1, -0.05) is 17.7 Å². The maximum Gasteiger partial charge on any atom is 0.307 e. The van der Waals surface area contributed by atoms with Crippen LogP contribution >= 0.6 is 23.4 Å². The Balaban J connectivity index is 1.66. The summed E-state index contributed by atoms with van der Waals surface area (Å²) in [4.78, 5) is 24.5. The van der Waals surface area contributed by atoms with E-state index in [-0.39, 0.29) is 13.0 Å². The molecule has 132 valence electrons. The summed E-state index contributed by atoms with van der Waals surface area (Å²) in [7, 11) is 1.55. The summed E-state index contributed by atoms with van der Waals surface area (Å²) in [5, 5.41) is 3.32. The summed E-state index contributed by atoms with van der Waals surface area (Å²) in [5.41, 5.74) is 0.582. The van der Waals surface area contributed by atoms with Crippen LogP contribution in [0.4, 0.5) is 5.69 Å². The van der Waals surface area contributed by atoms with Gasteiger partial charge in [0.15, 0.2) is 6.61 Å². The summed E-state index contributed by atoms with van der Waals surface area (Å²) in [6.07, 6.45) is 0.222. The van der Waals surface area contributed by atoms with Gasteiger partial charge in [0.25, 0.3) is 5.91 Å². The average molecular weight is 380 g/mol. The van der Waals surface area contributed by atoms with Crippen molar-refractivity contribution < 1.29 is 19.1 Å². The zero-order chi connectivity index (χ0) is 18.1. The molecule has 0 bridgehead atoms. The van der Waals surface area contributed by atoms with Crippen molar-refractivity contribution in [1.29, 1.82) is 0 Å². The third-order valence-electron chi connectivity index (χ3n) is 3.11. The minimum absolute atomic E-state index is 0.222. The number of halogens is 1. The maximum absolute atomic E-state index is 11.8. The topological polar surface area (TPSA) is 64.6 Å². The lowest BCUT2D eigenvalue weighted by atomic mass is 10.3. The molecule has 2 aromatic carbocycles. The smallest absolute Gasteiger partial charge is 0.307 e. The lowest BCUT2D eigenvalue weighted by molar-refractivity contribution is -0.146. The van der Waals surface area contributed by atoms with Crippen LogP contribution in [-0.4, -0.2) is 31.3 Å². The van der Waals surface area contributed by atoms with Crippen molar-refractivity contribution in [1.82, 2.24) is 0 Å². The fourth-order valence-electron chi connectivity index (χ4n) is 1.90. The predicted molar refractivity (Wildman–Crippen MR) is 99.4 cm³/mol. The standard InChI is InChI=1S/C18H18ClNO4S/c1-23-15-4-2-3-14(11-15)20-17(21)12-24-18(22)9-10-25-16-7-5-13(19)6-8-16/h2-8,11H,9-10,12H2,1H3,(H,20,21). The predicted octanol–water partition coefficient (Wildman–Crippen LogP) is 4.01. The van der Waals surface area contributed by atoms with Gasteiger partial charge in [-0.05, 0) is 36.4 Å². The number of carbonyl (C=O) groups is 2. The Morgan fingerprint density at radius 3 is 2.64 bits per heavy atom. The van der Waals surface area contributed by atoms with Crippen LogP contribution in [0.15, 0.2) is 53.4 Å². The monoisotopic (exact) mass is 379 g/mol. The van der Waals surface area contributed by atoms with E-state index in [4.69, 9.17) is 21.1 Å². The number of nitrogens with one attached hydrogen (secondary N) is 1. The molecule has 0 spiro atoms. The second kappa shape index (κ2) is 9.96.